The molecule has 1 aromatic heterocycles. The van der Waals surface area contributed by atoms with Gasteiger partial charge in [-0.1, -0.05) is 23.7 Å². The van der Waals surface area contributed by atoms with Crippen LogP contribution in [0.1, 0.15) is 22.5 Å². The van der Waals surface area contributed by atoms with Gasteiger partial charge in [0.1, 0.15) is 12.4 Å². The van der Waals surface area contributed by atoms with E-state index in [0.717, 1.165) is 22.4 Å². The van der Waals surface area contributed by atoms with Crippen LogP contribution in [0.25, 0.3) is 11.0 Å². The fourth-order valence-electron chi connectivity index (χ4n) is 3.62. The van der Waals surface area contributed by atoms with Crippen LogP contribution in [0.5, 0.6) is 0 Å². The number of rotatable bonds is 4. The maximum absolute atomic E-state index is 12.9. The predicted octanol–water partition coefficient (Wildman–Crippen LogP) is 3.76. The second kappa shape index (κ2) is 7.94. The van der Waals surface area contributed by atoms with E-state index in [9.17, 15) is 4.79 Å². The molecule has 0 spiro atoms. The largest absolute Gasteiger partial charge is 0.378 e. The number of morpholine rings is 1. The first-order valence-corrected chi connectivity index (χ1v) is 9.95. The van der Waals surface area contributed by atoms with Gasteiger partial charge in [0.15, 0.2) is 0 Å². The van der Waals surface area contributed by atoms with Crippen molar-refractivity contribution in [2.45, 2.75) is 26.8 Å². The van der Waals surface area contributed by atoms with Crippen LogP contribution in [0, 0.1) is 13.8 Å². The van der Waals surface area contributed by atoms with Crippen molar-refractivity contribution in [3.8, 4) is 0 Å². The Morgan fingerprint density at radius 1 is 1.14 bits per heavy atom. The van der Waals surface area contributed by atoms with Gasteiger partial charge in [-0.2, -0.15) is 0 Å². The fourth-order valence-corrected chi connectivity index (χ4v) is 3.83. The summed E-state index contributed by atoms with van der Waals surface area (Å²) < 4.78 is 7.43. The standard InChI is InChI=1S/C22H24ClN3O2/c1-15-10-19-20(11-16(15)2)26(14-22(27)25-6-8-28-9-7-25)21(24-19)13-17-4-3-5-18(23)12-17/h3-5,10-12H,6-9,13-14H2,1-2H3. The maximum atomic E-state index is 12.9. The van der Waals surface area contributed by atoms with E-state index >= 15 is 0 Å². The van der Waals surface area contributed by atoms with Gasteiger partial charge < -0.3 is 14.2 Å². The third-order valence-electron chi connectivity index (χ3n) is 5.35. The number of ether oxygens (including phenoxy) is 1. The summed E-state index contributed by atoms with van der Waals surface area (Å²) in [6, 6.07) is 12.0. The summed E-state index contributed by atoms with van der Waals surface area (Å²) in [5.41, 5.74) is 5.40. The van der Waals surface area contributed by atoms with Crippen molar-refractivity contribution in [1.29, 1.82) is 0 Å². The molecule has 5 nitrogen and oxygen atoms in total. The minimum Gasteiger partial charge on any atom is -0.378 e. The first kappa shape index (κ1) is 19.0. The average Bonchev–Trinajstić information content (AvgIpc) is 2.99. The van der Waals surface area contributed by atoms with Gasteiger partial charge in [0.2, 0.25) is 5.91 Å². The second-order valence-electron chi connectivity index (χ2n) is 7.34. The number of carbonyl (C=O) groups is 1. The number of benzene rings is 2. The zero-order valence-electron chi connectivity index (χ0n) is 16.2. The van der Waals surface area contributed by atoms with Gasteiger partial charge >= 0.3 is 0 Å². The van der Waals surface area contributed by atoms with Crippen molar-refractivity contribution in [3.05, 3.63) is 63.9 Å². The Morgan fingerprint density at radius 2 is 1.89 bits per heavy atom. The van der Waals surface area contributed by atoms with Crippen molar-refractivity contribution in [1.82, 2.24) is 14.5 Å². The minimum absolute atomic E-state index is 0.105. The van der Waals surface area contributed by atoms with Gasteiger partial charge in [0, 0.05) is 24.5 Å². The predicted molar refractivity (Wildman–Crippen MR) is 111 cm³/mol. The molecule has 1 fully saturated rings. The summed E-state index contributed by atoms with van der Waals surface area (Å²) >= 11 is 6.16. The maximum Gasteiger partial charge on any atom is 0.242 e. The van der Waals surface area contributed by atoms with E-state index in [4.69, 9.17) is 21.3 Å². The molecule has 6 heteroatoms. The van der Waals surface area contributed by atoms with Crippen LogP contribution in [0.4, 0.5) is 0 Å². The van der Waals surface area contributed by atoms with Gasteiger partial charge in [-0.25, -0.2) is 4.98 Å². The number of aryl methyl sites for hydroxylation is 2. The first-order valence-electron chi connectivity index (χ1n) is 9.57. The highest BCUT2D eigenvalue weighted by Crippen LogP contribution is 2.23. The number of aromatic nitrogens is 2. The third-order valence-corrected chi connectivity index (χ3v) is 5.59. The van der Waals surface area contributed by atoms with E-state index in [2.05, 4.69) is 30.5 Å². The van der Waals surface area contributed by atoms with Crippen LogP contribution < -0.4 is 0 Å². The molecular formula is C22H24ClN3O2. The van der Waals surface area contributed by atoms with Gasteiger partial charge in [-0.3, -0.25) is 4.79 Å². The number of amides is 1. The summed E-state index contributed by atoms with van der Waals surface area (Å²) in [4.78, 5) is 19.7. The molecule has 0 aliphatic carbocycles. The topological polar surface area (TPSA) is 47.4 Å². The molecule has 2 heterocycles. The van der Waals surface area contributed by atoms with E-state index in [0.29, 0.717) is 37.7 Å². The van der Waals surface area contributed by atoms with Crippen molar-refractivity contribution < 1.29 is 9.53 Å². The van der Waals surface area contributed by atoms with Gasteiger partial charge in [-0.05, 0) is 54.8 Å². The monoisotopic (exact) mass is 397 g/mol. The Kier molecular flexibility index (Phi) is 5.38. The summed E-state index contributed by atoms with van der Waals surface area (Å²) in [5, 5.41) is 0.705. The highest BCUT2D eigenvalue weighted by atomic mass is 35.5. The molecule has 1 aliphatic heterocycles. The number of carbonyl (C=O) groups excluding carboxylic acids is 1. The van der Waals surface area contributed by atoms with Crippen LogP contribution in [-0.2, 0) is 22.5 Å². The van der Waals surface area contributed by atoms with Crippen molar-refractivity contribution >= 4 is 28.5 Å². The molecule has 4 rings (SSSR count). The Labute approximate surface area is 169 Å². The lowest BCUT2D eigenvalue weighted by Gasteiger charge is -2.27. The van der Waals surface area contributed by atoms with Crippen molar-refractivity contribution in [2.24, 2.45) is 0 Å². The lowest BCUT2D eigenvalue weighted by atomic mass is 10.1. The molecule has 146 valence electrons. The molecule has 0 unspecified atom stereocenters. The SMILES string of the molecule is Cc1cc2nc(Cc3cccc(Cl)c3)n(CC(=O)N3CCOCC3)c2cc1C. The molecule has 0 saturated carbocycles. The molecule has 1 saturated heterocycles. The zero-order chi connectivity index (χ0) is 19.7. The molecule has 0 radical (unpaired) electrons. The molecule has 1 aliphatic rings. The molecule has 3 aromatic rings. The van der Waals surface area contributed by atoms with Crippen LogP contribution in [-0.4, -0.2) is 46.7 Å². The van der Waals surface area contributed by atoms with E-state index in [-0.39, 0.29) is 12.5 Å². The summed E-state index contributed by atoms with van der Waals surface area (Å²) in [6.07, 6.45) is 0.629. The summed E-state index contributed by atoms with van der Waals surface area (Å²) in [6.45, 7) is 6.96. The molecule has 0 N–H and O–H groups in total. The number of hydrogen-bond donors (Lipinski definition) is 0. The molecule has 1 amide bonds. The highest BCUT2D eigenvalue weighted by Gasteiger charge is 2.20. The van der Waals surface area contributed by atoms with Crippen LogP contribution in [0.3, 0.4) is 0 Å². The first-order chi connectivity index (χ1) is 13.5. The smallest absolute Gasteiger partial charge is 0.242 e. The highest BCUT2D eigenvalue weighted by molar-refractivity contribution is 6.30. The molecule has 0 bridgehead atoms. The number of fused-ring (bicyclic) bond motifs is 1. The van der Waals surface area contributed by atoms with E-state index < -0.39 is 0 Å². The minimum atomic E-state index is 0.105. The number of imidazole rings is 1. The quantitative estimate of drug-likeness (QED) is 0.673. The Bertz CT molecular complexity index is 1020. The summed E-state index contributed by atoms with van der Waals surface area (Å²) in [5.74, 6) is 0.983. The fraction of sp³-hybridized carbons (Fsp3) is 0.364. The molecule has 2 aromatic carbocycles. The normalized spacial score (nSPS) is 14.6. The Balaban J connectivity index is 1.72. The van der Waals surface area contributed by atoms with Crippen molar-refractivity contribution in [2.75, 3.05) is 26.3 Å². The zero-order valence-corrected chi connectivity index (χ0v) is 17.0. The lowest BCUT2D eigenvalue weighted by Crippen LogP contribution is -2.42. The Morgan fingerprint density at radius 3 is 2.64 bits per heavy atom. The van der Waals surface area contributed by atoms with Crippen molar-refractivity contribution in [3.63, 3.8) is 0 Å². The van der Waals surface area contributed by atoms with E-state index in [1.54, 1.807) is 0 Å². The lowest BCUT2D eigenvalue weighted by molar-refractivity contribution is -0.135. The van der Waals surface area contributed by atoms with Gasteiger partial charge in [0.25, 0.3) is 0 Å². The van der Waals surface area contributed by atoms with Crippen LogP contribution in [0.2, 0.25) is 5.02 Å². The van der Waals surface area contributed by atoms with Gasteiger partial charge in [0.05, 0.1) is 24.2 Å². The summed E-state index contributed by atoms with van der Waals surface area (Å²) in [7, 11) is 0. The van der Waals surface area contributed by atoms with Gasteiger partial charge in [-0.15, -0.1) is 0 Å². The van der Waals surface area contributed by atoms with Crippen LogP contribution >= 0.6 is 11.6 Å². The molecule has 28 heavy (non-hydrogen) atoms. The third kappa shape index (κ3) is 3.91. The number of halogens is 1. The number of nitrogens with zero attached hydrogens (tertiary/aromatic N) is 3. The Hall–Kier alpha value is -2.37. The van der Waals surface area contributed by atoms with E-state index in [1.165, 1.54) is 11.1 Å². The van der Waals surface area contributed by atoms with E-state index in [1.807, 2.05) is 29.2 Å². The molecular weight excluding hydrogens is 374 g/mol. The number of hydrogen-bond acceptors (Lipinski definition) is 3. The second-order valence-corrected chi connectivity index (χ2v) is 7.78. The molecule has 0 atom stereocenters. The van der Waals surface area contributed by atoms with Crippen LogP contribution in [0.15, 0.2) is 36.4 Å². The average molecular weight is 398 g/mol.